The molecular weight excluding hydrogens is 274 g/mol. The molecule has 1 N–H and O–H groups in total. The van der Waals surface area contributed by atoms with Gasteiger partial charge in [0, 0.05) is 18.0 Å². The molecule has 0 amide bonds. The molecule has 0 aromatic heterocycles. The summed E-state index contributed by atoms with van der Waals surface area (Å²) < 4.78 is 28.6. The zero-order valence-corrected chi connectivity index (χ0v) is 13.2. The zero-order chi connectivity index (χ0) is 14.8. The first kappa shape index (κ1) is 15.2. The average molecular weight is 297 g/mol. The minimum Gasteiger partial charge on any atom is -0.496 e. The predicted molar refractivity (Wildman–Crippen MR) is 82.2 cm³/mol. The highest BCUT2D eigenvalue weighted by Crippen LogP contribution is 2.28. The lowest BCUT2D eigenvalue weighted by atomic mass is 9.94. The standard InChI is InChI=1S/C15H23NO3S/c1-11-9-13(7-8-15(11)19-2)16-12-5-4-6-14(10-12)20(3,17)18/h7-9,12,14,16H,4-6,10H2,1-3H3. The quantitative estimate of drug-likeness (QED) is 0.928. The summed E-state index contributed by atoms with van der Waals surface area (Å²) in [6, 6.07) is 6.20. The van der Waals surface area contributed by atoms with Crippen molar-refractivity contribution in [2.45, 2.75) is 43.9 Å². The van der Waals surface area contributed by atoms with Crippen molar-refractivity contribution in [3.05, 3.63) is 23.8 Å². The van der Waals surface area contributed by atoms with Crippen molar-refractivity contribution in [3.8, 4) is 5.75 Å². The number of nitrogens with one attached hydrogen (secondary N) is 1. The van der Waals surface area contributed by atoms with E-state index in [1.165, 1.54) is 6.26 Å². The van der Waals surface area contributed by atoms with Gasteiger partial charge in [-0.1, -0.05) is 6.42 Å². The van der Waals surface area contributed by atoms with E-state index >= 15 is 0 Å². The van der Waals surface area contributed by atoms with E-state index in [0.717, 1.165) is 36.3 Å². The number of benzene rings is 1. The van der Waals surface area contributed by atoms with Crippen LogP contribution < -0.4 is 10.1 Å². The lowest BCUT2D eigenvalue weighted by Crippen LogP contribution is -2.34. The summed E-state index contributed by atoms with van der Waals surface area (Å²) in [5.41, 5.74) is 2.11. The molecular formula is C15H23NO3S. The van der Waals surface area contributed by atoms with E-state index in [1.807, 2.05) is 25.1 Å². The van der Waals surface area contributed by atoms with Crippen molar-refractivity contribution >= 4 is 15.5 Å². The Kier molecular flexibility index (Phi) is 4.58. The Hall–Kier alpha value is -1.23. The summed E-state index contributed by atoms with van der Waals surface area (Å²) in [5.74, 6) is 0.869. The van der Waals surface area contributed by atoms with Crippen molar-refractivity contribution in [1.29, 1.82) is 0 Å². The fourth-order valence-electron chi connectivity index (χ4n) is 2.87. The second-order valence-electron chi connectivity index (χ2n) is 5.64. The van der Waals surface area contributed by atoms with Crippen molar-refractivity contribution in [2.75, 3.05) is 18.7 Å². The summed E-state index contributed by atoms with van der Waals surface area (Å²) in [7, 11) is -1.27. The van der Waals surface area contributed by atoms with Gasteiger partial charge >= 0.3 is 0 Å². The molecule has 4 nitrogen and oxygen atoms in total. The van der Waals surface area contributed by atoms with Gasteiger partial charge < -0.3 is 10.1 Å². The van der Waals surface area contributed by atoms with Crippen LogP contribution in [0.4, 0.5) is 5.69 Å². The van der Waals surface area contributed by atoms with Crippen molar-refractivity contribution in [1.82, 2.24) is 0 Å². The molecule has 2 atom stereocenters. The Morgan fingerprint density at radius 2 is 2.05 bits per heavy atom. The van der Waals surface area contributed by atoms with Crippen molar-refractivity contribution < 1.29 is 13.2 Å². The number of sulfone groups is 1. The molecule has 0 radical (unpaired) electrons. The summed E-state index contributed by atoms with van der Waals surface area (Å²) in [6.45, 7) is 2.00. The highest BCUT2D eigenvalue weighted by Gasteiger charge is 2.28. The van der Waals surface area contributed by atoms with Crippen LogP contribution in [-0.4, -0.2) is 33.1 Å². The van der Waals surface area contributed by atoms with E-state index in [4.69, 9.17) is 4.74 Å². The minimum atomic E-state index is -2.93. The van der Waals surface area contributed by atoms with Crippen LogP contribution in [0.3, 0.4) is 0 Å². The van der Waals surface area contributed by atoms with Gasteiger partial charge in [-0.15, -0.1) is 0 Å². The Bertz CT molecular complexity index is 568. The number of hydrogen-bond acceptors (Lipinski definition) is 4. The molecule has 1 aromatic carbocycles. The smallest absolute Gasteiger partial charge is 0.150 e. The SMILES string of the molecule is COc1ccc(NC2CCCC(S(C)(=O)=O)C2)cc1C. The molecule has 1 aliphatic rings. The molecule has 112 valence electrons. The molecule has 2 rings (SSSR count). The fraction of sp³-hybridized carbons (Fsp3) is 0.600. The summed E-state index contributed by atoms with van der Waals surface area (Å²) in [4.78, 5) is 0. The van der Waals surface area contributed by atoms with Crippen LogP contribution in [0, 0.1) is 6.92 Å². The van der Waals surface area contributed by atoms with E-state index in [9.17, 15) is 8.42 Å². The van der Waals surface area contributed by atoms with E-state index in [2.05, 4.69) is 5.32 Å². The van der Waals surface area contributed by atoms with Gasteiger partial charge in [-0.2, -0.15) is 0 Å². The second-order valence-corrected chi connectivity index (χ2v) is 7.97. The molecule has 0 heterocycles. The molecule has 0 spiro atoms. The third-order valence-corrected chi connectivity index (χ3v) is 5.64. The lowest BCUT2D eigenvalue weighted by molar-refractivity contribution is 0.411. The Labute approximate surface area is 121 Å². The summed E-state index contributed by atoms with van der Waals surface area (Å²) in [5, 5.41) is 3.25. The topological polar surface area (TPSA) is 55.4 Å². The maximum Gasteiger partial charge on any atom is 0.150 e. The summed E-state index contributed by atoms with van der Waals surface area (Å²) >= 11 is 0. The fourth-order valence-corrected chi connectivity index (χ4v) is 4.05. The van der Waals surface area contributed by atoms with Gasteiger partial charge in [0.15, 0.2) is 0 Å². The van der Waals surface area contributed by atoms with Crippen LogP contribution in [0.1, 0.15) is 31.2 Å². The van der Waals surface area contributed by atoms with Crippen molar-refractivity contribution in [3.63, 3.8) is 0 Å². The Morgan fingerprint density at radius 1 is 1.30 bits per heavy atom. The van der Waals surface area contributed by atoms with Crippen LogP contribution in [0.25, 0.3) is 0 Å². The van der Waals surface area contributed by atoms with Crippen molar-refractivity contribution in [2.24, 2.45) is 0 Å². The van der Waals surface area contributed by atoms with E-state index < -0.39 is 9.84 Å². The maximum atomic E-state index is 11.7. The number of hydrogen-bond donors (Lipinski definition) is 1. The highest BCUT2D eigenvalue weighted by atomic mass is 32.2. The molecule has 20 heavy (non-hydrogen) atoms. The first-order valence-corrected chi connectivity index (χ1v) is 8.95. The minimum absolute atomic E-state index is 0.201. The molecule has 1 fully saturated rings. The molecule has 5 heteroatoms. The van der Waals surface area contributed by atoms with Gasteiger partial charge in [-0.3, -0.25) is 0 Å². The van der Waals surface area contributed by atoms with Gasteiger partial charge in [0.2, 0.25) is 0 Å². The molecule has 1 aliphatic carbocycles. The Balaban J connectivity index is 2.04. The highest BCUT2D eigenvalue weighted by molar-refractivity contribution is 7.91. The van der Waals surface area contributed by atoms with Gasteiger partial charge in [0.1, 0.15) is 15.6 Å². The number of methoxy groups -OCH3 is 1. The molecule has 2 unspecified atom stereocenters. The van der Waals surface area contributed by atoms with E-state index in [1.54, 1.807) is 7.11 Å². The first-order chi connectivity index (χ1) is 9.40. The third-order valence-electron chi connectivity index (χ3n) is 4.00. The number of anilines is 1. The van der Waals surface area contributed by atoms with Crippen LogP contribution in [-0.2, 0) is 9.84 Å². The van der Waals surface area contributed by atoms with Crippen LogP contribution in [0.2, 0.25) is 0 Å². The number of ether oxygens (including phenoxy) is 1. The zero-order valence-electron chi connectivity index (χ0n) is 12.3. The van der Waals surface area contributed by atoms with Gasteiger partial charge in [-0.25, -0.2) is 8.42 Å². The van der Waals surface area contributed by atoms with Crippen LogP contribution in [0.15, 0.2) is 18.2 Å². The van der Waals surface area contributed by atoms with E-state index in [0.29, 0.717) is 6.42 Å². The number of aryl methyl sites for hydroxylation is 1. The van der Waals surface area contributed by atoms with Gasteiger partial charge in [-0.05, 0) is 49.9 Å². The largest absolute Gasteiger partial charge is 0.496 e. The lowest BCUT2D eigenvalue weighted by Gasteiger charge is -2.29. The Morgan fingerprint density at radius 3 is 2.65 bits per heavy atom. The molecule has 1 saturated carbocycles. The molecule has 0 saturated heterocycles. The first-order valence-electron chi connectivity index (χ1n) is 7.00. The van der Waals surface area contributed by atoms with Gasteiger partial charge in [0.05, 0.1) is 12.4 Å². The molecule has 1 aromatic rings. The van der Waals surface area contributed by atoms with Gasteiger partial charge in [0.25, 0.3) is 0 Å². The normalized spacial score (nSPS) is 23.4. The average Bonchev–Trinajstić information content (AvgIpc) is 2.38. The third kappa shape index (κ3) is 3.66. The maximum absolute atomic E-state index is 11.7. The monoisotopic (exact) mass is 297 g/mol. The number of rotatable bonds is 4. The molecule has 0 aliphatic heterocycles. The van der Waals surface area contributed by atoms with E-state index in [-0.39, 0.29) is 11.3 Å². The van der Waals surface area contributed by atoms with Crippen LogP contribution >= 0.6 is 0 Å². The molecule has 0 bridgehead atoms. The predicted octanol–water partition coefficient (Wildman–Crippen LogP) is 2.77. The summed E-state index contributed by atoms with van der Waals surface area (Å²) in [6.07, 6.45) is 4.82. The van der Waals surface area contributed by atoms with Crippen LogP contribution in [0.5, 0.6) is 5.75 Å². The second kappa shape index (κ2) is 6.04.